The summed E-state index contributed by atoms with van der Waals surface area (Å²) in [6.45, 7) is 4.62. The highest BCUT2D eigenvalue weighted by Crippen LogP contribution is 2.29. The molecule has 0 spiro atoms. The van der Waals surface area contributed by atoms with E-state index in [4.69, 9.17) is 4.74 Å². The number of carbonyl (C=O) groups is 1. The molecule has 0 unspecified atom stereocenters. The fraction of sp³-hybridized carbons (Fsp3) is 0.588. The first-order valence-corrected chi connectivity index (χ1v) is 8.29. The summed E-state index contributed by atoms with van der Waals surface area (Å²) in [6, 6.07) is 4.26. The van der Waals surface area contributed by atoms with E-state index in [1.165, 1.54) is 24.6 Å². The molecular formula is C17H26N2O4. The zero-order valence-corrected chi connectivity index (χ0v) is 14.0. The van der Waals surface area contributed by atoms with Gasteiger partial charge in [0.15, 0.2) is 0 Å². The number of nitrogens with zero attached hydrogens (tertiary/aromatic N) is 1. The van der Waals surface area contributed by atoms with Crippen molar-refractivity contribution in [1.82, 2.24) is 0 Å². The highest BCUT2D eigenvalue weighted by molar-refractivity contribution is 5.92. The van der Waals surface area contributed by atoms with E-state index in [0.29, 0.717) is 24.5 Å². The average Bonchev–Trinajstić information content (AvgIpc) is 2.53. The van der Waals surface area contributed by atoms with Gasteiger partial charge < -0.3 is 10.1 Å². The van der Waals surface area contributed by atoms with Crippen LogP contribution >= 0.6 is 0 Å². The number of carbonyl (C=O) groups excluding carboxylic acids is 1. The van der Waals surface area contributed by atoms with Crippen molar-refractivity contribution in [3.8, 4) is 5.75 Å². The van der Waals surface area contributed by atoms with Gasteiger partial charge in [-0.2, -0.15) is 0 Å². The summed E-state index contributed by atoms with van der Waals surface area (Å²) < 4.78 is 5.54. The normalized spacial score (nSPS) is 10.3. The quantitative estimate of drug-likeness (QED) is 0.364. The van der Waals surface area contributed by atoms with E-state index in [1.54, 1.807) is 0 Å². The van der Waals surface area contributed by atoms with Gasteiger partial charge in [-0.15, -0.1) is 0 Å². The monoisotopic (exact) mass is 322 g/mol. The molecule has 0 aromatic heterocycles. The maximum atomic E-state index is 12.0. The van der Waals surface area contributed by atoms with Crippen LogP contribution in [0, 0.1) is 10.1 Å². The molecule has 0 fully saturated rings. The van der Waals surface area contributed by atoms with Crippen LogP contribution in [0.4, 0.5) is 11.4 Å². The lowest BCUT2D eigenvalue weighted by Gasteiger charge is -2.12. The van der Waals surface area contributed by atoms with Crippen LogP contribution < -0.4 is 10.1 Å². The third-order valence-corrected chi connectivity index (χ3v) is 3.42. The fourth-order valence-corrected chi connectivity index (χ4v) is 2.17. The molecule has 0 heterocycles. The maximum Gasteiger partial charge on any atom is 0.271 e. The molecule has 6 heteroatoms. The van der Waals surface area contributed by atoms with Crippen LogP contribution in [0.2, 0.25) is 0 Å². The third-order valence-electron chi connectivity index (χ3n) is 3.42. The van der Waals surface area contributed by atoms with Crippen molar-refractivity contribution >= 4 is 17.3 Å². The molecule has 0 saturated heterocycles. The number of non-ortho nitro benzene ring substituents is 1. The van der Waals surface area contributed by atoms with Crippen LogP contribution in [0.1, 0.15) is 58.8 Å². The minimum atomic E-state index is -0.482. The molecule has 128 valence electrons. The maximum absolute atomic E-state index is 12.0. The molecule has 1 amide bonds. The van der Waals surface area contributed by atoms with Gasteiger partial charge in [0.25, 0.3) is 5.69 Å². The Labute approximate surface area is 137 Å². The van der Waals surface area contributed by atoms with Gasteiger partial charge in [0.05, 0.1) is 17.2 Å². The molecule has 6 nitrogen and oxygen atoms in total. The van der Waals surface area contributed by atoms with Crippen LogP contribution in [0.15, 0.2) is 18.2 Å². The molecule has 0 aliphatic heterocycles. The minimum absolute atomic E-state index is 0.0629. The number of unbranched alkanes of at least 4 members (excludes halogenated alkanes) is 4. The second-order valence-corrected chi connectivity index (χ2v) is 5.50. The van der Waals surface area contributed by atoms with E-state index >= 15 is 0 Å². The van der Waals surface area contributed by atoms with Gasteiger partial charge in [-0.25, -0.2) is 0 Å². The van der Waals surface area contributed by atoms with Gasteiger partial charge >= 0.3 is 0 Å². The SMILES string of the molecule is CCCCCCCC(=O)Nc1cc([N+](=O)[O-])ccc1OCCC. The summed E-state index contributed by atoms with van der Waals surface area (Å²) >= 11 is 0. The lowest BCUT2D eigenvalue weighted by molar-refractivity contribution is -0.384. The van der Waals surface area contributed by atoms with E-state index in [2.05, 4.69) is 12.2 Å². The summed E-state index contributed by atoms with van der Waals surface area (Å²) in [5.41, 5.74) is 0.304. The number of benzene rings is 1. The van der Waals surface area contributed by atoms with Crippen molar-refractivity contribution in [3.63, 3.8) is 0 Å². The van der Waals surface area contributed by atoms with E-state index in [0.717, 1.165) is 32.1 Å². The molecule has 1 N–H and O–H groups in total. The first kappa shape index (κ1) is 18.9. The summed E-state index contributed by atoms with van der Waals surface area (Å²) in [5, 5.41) is 13.6. The molecule has 0 bridgehead atoms. The number of ether oxygens (including phenoxy) is 1. The zero-order chi connectivity index (χ0) is 17.1. The fourth-order valence-electron chi connectivity index (χ4n) is 2.17. The average molecular weight is 322 g/mol. The standard InChI is InChI=1S/C17H26N2O4/c1-3-5-6-7-8-9-17(20)18-15-13-14(19(21)22)10-11-16(15)23-12-4-2/h10-11,13H,3-9,12H2,1-2H3,(H,18,20). The minimum Gasteiger partial charge on any atom is -0.491 e. The Morgan fingerprint density at radius 2 is 1.91 bits per heavy atom. The molecule has 0 aliphatic rings. The van der Waals surface area contributed by atoms with Gasteiger partial charge in [0, 0.05) is 18.6 Å². The van der Waals surface area contributed by atoms with Crippen molar-refractivity contribution < 1.29 is 14.5 Å². The molecule has 0 saturated carbocycles. The Hall–Kier alpha value is -2.11. The Kier molecular flexibility index (Phi) is 8.72. The Morgan fingerprint density at radius 1 is 1.17 bits per heavy atom. The Bertz CT molecular complexity index is 517. The zero-order valence-electron chi connectivity index (χ0n) is 14.0. The van der Waals surface area contributed by atoms with Crippen molar-refractivity contribution in [2.75, 3.05) is 11.9 Å². The van der Waals surface area contributed by atoms with E-state index in [1.807, 2.05) is 6.92 Å². The largest absolute Gasteiger partial charge is 0.491 e. The molecule has 1 rings (SSSR count). The molecule has 1 aromatic rings. The van der Waals surface area contributed by atoms with Gasteiger partial charge in [-0.1, -0.05) is 39.5 Å². The highest BCUT2D eigenvalue weighted by Gasteiger charge is 2.14. The van der Waals surface area contributed by atoms with E-state index in [9.17, 15) is 14.9 Å². The van der Waals surface area contributed by atoms with Crippen LogP contribution in [0.3, 0.4) is 0 Å². The summed E-state index contributed by atoms with van der Waals surface area (Å²) in [7, 11) is 0. The number of nitro benzene ring substituents is 1. The number of hydrogen-bond acceptors (Lipinski definition) is 4. The van der Waals surface area contributed by atoms with Gasteiger partial charge in [0.2, 0.25) is 5.91 Å². The number of hydrogen-bond donors (Lipinski definition) is 1. The summed E-state index contributed by atoms with van der Waals surface area (Å²) in [5.74, 6) is 0.333. The number of nitro groups is 1. The van der Waals surface area contributed by atoms with E-state index in [-0.39, 0.29) is 11.6 Å². The number of amides is 1. The van der Waals surface area contributed by atoms with Gasteiger partial charge in [-0.3, -0.25) is 14.9 Å². The topological polar surface area (TPSA) is 81.5 Å². The predicted molar refractivity (Wildman–Crippen MR) is 90.9 cm³/mol. The molecule has 0 aliphatic carbocycles. The van der Waals surface area contributed by atoms with Crippen molar-refractivity contribution in [2.24, 2.45) is 0 Å². The molecule has 1 aromatic carbocycles. The summed E-state index contributed by atoms with van der Waals surface area (Å²) in [4.78, 5) is 22.4. The van der Waals surface area contributed by atoms with Crippen LogP contribution in [0.5, 0.6) is 5.75 Å². The van der Waals surface area contributed by atoms with Crippen molar-refractivity contribution in [3.05, 3.63) is 28.3 Å². The van der Waals surface area contributed by atoms with Gasteiger partial charge in [-0.05, 0) is 18.9 Å². The Morgan fingerprint density at radius 3 is 2.57 bits per heavy atom. The van der Waals surface area contributed by atoms with Crippen molar-refractivity contribution in [2.45, 2.75) is 58.8 Å². The molecule has 0 radical (unpaired) electrons. The predicted octanol–water partition coefficient (Wildman–Crippen LogP) is 4.68. The van der Waals surface area contributed by atoms with Crippen LogP contribution in [0.25, 0.3) is 0 Å². The third kappa shape index (κ3) is 7.13. The first-order chi connectivity index (χ1) is 11.1. The molecule has 0 atom stereocenters. The second-order valence-electron chi connectivity index (χ2n) is 5.50. The number of nitrogens with one attached hydrogen (secondary N) is 1. The first-order valence-electron chi connectivity index (χ1n) is 8.29. The second kappa shape index (κ2) is 10.6. The highest BCUT2D eigenvalue weighted by atomic mass is 16.6. The number of anilines is 1. The Balaban J connectivity index is 2.65. The lowest BCUT2D eigenvalue weighted by Crippen LogP contribution is -2.12. The lowest BCUT2D eigenvalue weighted by atomic mass is 10.1. The van der Waals surface area contributed by atoms with Gasteiger partial charge in [0.1, 0.15) is 5.75 Å². The summed E-state index contributed by atoms with van der Waals surface area (Å²) in [6.07, 6.45) is 6.56. The smallest absolute Gasteiger partial charge is 0.271 e. The molecular weight excluding hydrogens is 296 g/mol. The van der Waals surface area contributed by atoms with Crippen LogP contribution in [-0.2, 0) is 4.79 Å². The van der Waals surface area contributed by atoms with E-state index < -0.39 is 4.92 Å². The molecule has 23 heavy (non-hydrogen) atoms. The van der Waals surface area contributed by atoms with Crippen LogP contribution in [-0.4, -0.2) is 17.4 Å². The van der Waals surface area contributed by atoms with Crippen molar-refractivity contribution in [1.29, 1.82) is 0 Å². The number of rotatable bonds is 11.